The number of carbonyl (C=O) groups excluding carboxylic acids is 1. The fourth-order valence-electron chi connectivity index (χ4n) is 4.77. The summed E-state index contributed by atoms with van der Waals surface area (Å²) in [5, 5.41) is 0. The minimum atomic E-state index is -0.121. The molecule has 5 rings (SSSR count). The van der Waals surface area contributed by atoms with Crippen LogP contribution in [0.2, 0.25) is 0 Å². The van der Waals surface area contributed by atoms with E-state index in [1.54, 1.807) is 6.20 Å². The van der Waals surface area contributed by atoms with Crippen molar-refractivity contribution in [2.75, 3.05) is 19.6 Å². The van der Waals surface area contributed by atoms with Gasteiger partial charge < -0.3 is 9.88 Å². The first kappa shape index (κ1) is 16.6. The number of rotatable bonds is 3. The number of H-pyrrole nitrogens is 1. The summed E-state index contributed by atoms with van der Waals surface area (Å²) in [6.45, 7) is 2.54. The van der Waals surface area contributed by atoms with Crippen molar-refractivity contribution in [2.24, 2.45) is 5.92 Å². The van der Waals surface area contributed by atoms with E-state index in [-0.39, 0.29) is 11.5 Å². The molecule has 0 spiro atoms. The van der Waals surface area contributed by atoms with Crippen LogP contribution < -0.4 is 5.56 Å². The Morgan fingerprint density at radius 1 is 1.30 bits per heavy atom. The van der Waals surface area contributed by atoms with E-state index < -0.39 is 0 Å². The Balaban J connectivity index is 1.35. The molecule has 2 aliphatic heterocycles. The molecule has 2 aromatic heterocycles. The first-order valence-electron chi connectivity index (χ1n) is 9.72. The smallest absolute Gasteiger partial charge is 0.254 e. The van der Waals surface area contributed by atoms with Gasteiger partial charge >= 0.3 is 0 Å². The van der Waals surface area contributed by atoms with Gasteiger partial charge in [-0.05, 0) is 43.7 Å². The zero-order valence-electron chi connectivity index (χ0n) is 15.2. The third kappa shape index (κ3) is 3.06. The van der Waals surface area contributed by atoms with Gasteiger partial charge in [0.05, 0.1) is 18.8 Å². The second-order valence-electron chi connectivity index (χ2n) is 7.88. The van der Waals surface area contributed by atoms with Crippen molar-refractivity contribution in [3.8, 4) is 11.5 Å². The average molecular weight is 365 g/mol. The lowest BCUT2D eigenvalue weighted by Gasteiger charge is -2.32. The quantitative estimate of drug-likeness (QED) is 0.884. The van der Waals surface area contributed by atoms with Gasteiger partial charge in [-0.15, -0.1) is 0 Å². The summed E-state index contributed by atoms with van der Waals surface area (Å²) in [7, 11) is 0. The van der Waals surface area contributed by atoms with Crippen molar-refractivity contribution in [2.45, 2.75) is 38.3 Å². The molecule has 1 amide bonds. The van der Waals surface area contributed by atoms with Crippen LogP contribution in [0, 0.1) is 5.92 Å². The molecule has 2 bridgehead atoms. The Morgan fingerprint density at radius 2 is 2.22 bits per heavy atom. The van der Waals surface area contributed by atoms with E-state index in [1.807, 2.05) is 23.1 Å². The largest absolute Gasteiger partial charge is 0.335 e. The molecular weight excluding hydrogens is 342 g/mol. The van der Waals surface area contributed by atoms with Gasteiger partial charge in [-0.3, -0.25) is 19.5 Å². The van der Waals surface area contributed by atoms with Crippen LogP contribution in [0.1, 0.15) is 30.5 Å². The van der Waals surface area contributed by atoms with Gasteiger partial charge in [0.1, 0.15) is 5.69 Å². The van der Waals surface area contributed by atoms with Gasteiger partial charge in [-0.2, -0.15) is 0 Å². The van der Waals surface area contributed by atoms with E-state index in [2.05, 4.69) is 19.9 Å². The van der Waals surface area contributed by atoms with Crippen molar-refractivity contribution in [3.05, 3.63) is 46.0 Å². The Hall–Kier alpha value is -2.54. The normalized spacial score (nSPS) is 24.2. The molecule has 0 radical (unpaired) electrons. The minimum Gasteiger partial charge on any atom is -0.335 e. The lowest BCUT2D eigenvalue weighted by Crippen LogP contribution is -2.46. The van der Waals surface area contributed by atoms with Crippen LogP contribution in [0.5, 0.6) is 0 Å². The third-order valence-corrected chi connectivity index (χ3v) is 6.19. The molecule has 7 heteroatoms. The van der Waals surface area contributed by atoms with Crippen molar-refractivity contribution in [1.82, 2.24) is 24.8 Å². The van der Waals surface area contributed by atoms with E-state index in [0.29, 0.717) is 54.9 Å². The molecule has 0 aromatic carbocycles. The number of aromatic nitrogens is 3. The maximum absolute atomic E-state index is 12.8. The van der Waals surface area contributed by atoms with Crippen molar-refractivity contribution >= 4 is 5.91 Å². The molecule has 0 unspecified atom stereocenters. The third-order valence-electron chi connectivity index (χ3n) is 6.19. The summed E-state index contributed by atoms with van der Waals surface area (Å²) < 4.78 is 0. The number of hydrogen-bond acceptors (Lipinski definition) is 5. The molecule has 1 saturated carbocycles. The summed E-state index contributed by atoms with van der Waals surface area (Å²) in [6.07, 6.45) is 6.02. The molecule has 7 nitrogen and oxygen atoms in total. The molecule has 27 heavy (non-hydrogen) atoms. The van der Waals surface area contributed by atoms with Crippen LogP contribution in [0.4, 0.5) is 0 Å². The summed E-state index contributed by atoms with van der Waals surface area (Å²) >= 11 is 0. The van der Waals surface area contributed by atoms with Crippen LogP contribution in [-0.2, 0) is 17.8 Å². The lowest BCUT2D eigenvalue weighted by molar-refractivity contribution is -0.133. The molecule has 2 aromatic rings. The van der Waals surface area contributed by atoms with E-state index in [0.717, 1.165) is 12.5 Å². The molecular formula is C20H23N5O2. The maximum Gasteiger partial charge on any atom is 0.254 e. The summed E-state index contributed by atoms with van der Waals surface area (Å²) in [4.78, 5) is 41.2. The van der Waals surface area contributed by atoms with Gasteiger partial charge in [0.25, 0.3) is 5.56 Å². The van der Waals surface area contributed by atoms with Crippen molar-refractivity contribution in [1.29, 1.82) is 0 Å². The highest BCUT2D eigenvalue weighted by Crippen LogP contribution is 2.37. The molecule has 1 aliphatic carbocycles. The van der Waals surface area contributed by atoms with Crippen LogP contribution in [0.15, 0.2) is 29.2 Å². The fraction of sp³-hybridized carbons (Fsp3) is 0.500. The zero-order chi connectivity index (χ0) is 18.4. The van der Waals surface area contributed by atoms with Gasteiger partial charge in [-0.25, -0.2) is 4.98 Å². The Kier molecular flexibility index (Phi) is 4.04. The molecule has 2 atom stereocenters. The van der Waals surface area contributed by atoms with Crippen LogP contribution in [0.25, 0.3) is 11.5 Å². The molecule has 2 fully saturated rings. The Morgan fingerprint density at radius 3 is 2.96 bits per heavy atom. The number of nitrogens with one attached hydrogen (secondary N) is 1. The predicted molar refractivity (Wildman–Crippen MR) is 99.9 cm³/mol. The second-order valence-corrected chi connectivity index (χ2v) is 7.88. The molecule has 4 heterocycles. The summed E-state index contributed by atoms with van der Waals surface area (Å²) in [6, 6.07) is 6.10. The molecule has 1 saturated heterocycles. The highest BCUT2D eigenvalue weighted by molar-refractivity contribution is 5.78. The number of nitrogens with zero attached hydrogens (tertiary/aromatic N) is 4. The standard InChI is InChI=1S/C20H23N5O2/c26-18(12-25-10-13-4-5-14(25)9-13)24-8-6-15-17(11-24)22-19(23-20(15)27)16-3-1-2-7-21-16/h1-3,7,13-14H,4-6,8-12H2,(H,22,23,27)/t13-,14+/m0/s1. The SMILES string of the molecule is O=C(CN1C[C@H]2CC[C@@H]1C2)N1CCc2c(nc(-c3ccccn3)[nH]c2=O)C1. The van der Waals surface area contributed by atoms with Crippen LogP contribution >= 0.6 is 0 Å². The first-order valence-corrected chi connectivity index (χ1v) is 9.72. The number of fused-ring (bicyclic) bond motifs is 3. The van der Waals surface area contributed by atoms with E-state index in [1.165, 1.54) is 19.3 Å². The number of hydrogen-bond donors (Lipinski definition) is 1. The fourth-order valence-corrected chi connectivity index (χ4v) is 4.77. The first-order chi connectivity index (χ1) is 13.2. The van der Waals surface area contributed by atoms with E-state index >= 15 is 0 Å². The number of aromatic amines is 1. The Labute approximate surface area is 157 Å². The summed E-state index contributed by atoms with van der Waals surface area (Å²) in [5.74, 6) is 1.39. The summed E-state index contributed by atoms with van der Waals surface area (Å²) in [5.41, 5.74) is 1.90. The molecule has 140 valence electrons. The monoisotopic (exact) mass is 365 g/mol. The van der Waals surface area contributed by atoms with Gasteiger partial charge in [0.2, 0.25) is 5.91 Å². The van der Waals surface area contributed by atoms with Gasteiger partial charge in [0.15, 0.2) is 5.82 Å². The van der Waals surface area contributed by atoms with Crippen molar-refractivity contribution in [3.63, 3.8) is 0 Å². The lowest BCUT2D eigenvalue weighted by atomic mass is 10.1. The zero-order valence-corrected chi connectivity index (χ0v) is 15.2. The topological polar surface area (TPSA) is 82.2 Å². The maximum atomic E-state index is 12.8. The minimum absolute atomic E-state index is 0.121. The number of amides is 1. The van der Waals surface area contributed by atoms with E-state index in [9.17, 15) is 9.59 Å². The van der Waals surface area contributed by atoms with Crippen molar-refractivity contribution < 1.29 is 4.79 Å². The number of likely N-dealkylation sites (tertiary alicyclic amines) is 1. The van der Waals surface area contributed by atoms with E-state index in [4.69, 9.17) is 0 Å². The molecule has 1 N–H and O–H groups in total. The number of piperidine rings is 1. The van der Waals surface area contributed by atoms with Crippen LogP contribution in [0.3, 0.4) is 0 Å². The number of carbonyl (C=O) groups is 1. The van der Waals surface area contributed by atoms with Gasteiger partial charge in [0, 0.05) is 30.9 Å². The predicted octanol–water partition coefficient (Wildman–Crippen LogP) is 1.20. The Bertz CT molecular complexity index is 926. The van der Waals surface area contributed by atoms with Crippen LogP contribution in [-0.4, -0.2) is 56.3 Å². The second kappa shape index (κ2) is 6.56. The highest BCUT2D eigenvalue weighted by atomic mass is 16.2. The molecule has 3 aliphatic rings. The number of pyridine rings is 1. The van der Waals surface area contributed by atoms with Gasteiger partial charge in [-0.1, -0.05) is 6.07 Å². The highest BCUT2D eigenvalue weighted by Gasteiger charge is 2.39. The average Bonchev–Trinajstić information content (AvgIpc) is 3.31.